The van der Waals surface area contributed by atoms with Gasteiger partial charge in [-0.05, 0) is 6.92 Å². The molecule has 2 amide bonds. The van der Waals surface area contributed by atoms with Crippen LogP contribution in [0, 0.1) is 0 Å². The number of rotatable bonds is 8. The average Bonchev–Trinajstić information content (AvgIpc) is 3.47. The largest absolute Gasteiger partial charge is 0.484 e. The van der Waals surface area contributed by atoms with Crippen LogP contribution in [0.3, 0.4) is 0 Å². The second-order valence-corrected chi connectivity index (χ2v) is 8.86. The van der Waals surface area contributed by atoms with Crippen molar-refractivity contribution < 1.29 is 29.1 Å². The van der Waals surface area contributed by atoms with Gasteiger partial charge in [-0.1, -0.05) is 5.16 Å². The Morgan fingerprint density at radius 2 is 2.27 bits per heavy atom. The monoisotopic (exact) mass is 493 g/mol. The first-order valence-corrected chi connectivity index (χ1v) is 11.4. The maximum Gasteiger partial charge on any atom is 0.356 e. The summed E-state index contributed by atoms with van der Waals surface area (Å²) in [5, 5.41) is 17.2. The molecule has 1 fully saturated rings. The van der Waals surface area contributed by atoms with E-state index >= 15 is 0 Å². The van der Waals surface area contributed by atoms with Crippen molar-refractivity contribution in [3.63, 3.8) is 0 Å². The number of amides is 2. The number of H-pyrrole nitrogens is 1. The van der Waals surface area contributed by atoms with Crippen molar-refractivity contribution in [1.82, 2.24) is 25.2 Å². The molecule has 4 rings (SSSR count). The lowest BCUT2D eigenvalue weighted by molar-refractivity contribution is -0.150. The molecule has 15 heteroatoms. The van der Waals surface area contributed by atoms with Gasteiger partial charge >= 0.3 is 5.97 Å². The summed E-state index contributed by atoms with van der Waals surface area (Å²) in [4.78, 5) is 54.5. The number of nitrogen functional groups attached to an aromatic ring is 1. The highest BCUT2D eigenvalue weighted by atomic mass is 32.2. The van der Waals surface area contributed by atoms with E-state index in [1.807, 2.05) is 0 Å². The number of carbonyl (C=O) groups is 3. The van der Waals surface area contributed by atoms with Gasteiger partial charge < -0.3 is 30.7 Å². The number of imidazole rings is 1. The fourth-order valence-corrected chi connectivity index (χ4v) is 5.16. The molecular formula is C18H19N7O6S2. The van der Waals surface area contributed by atoms with Gasteiger partial charge in [-0.2, -0.15) is 0 Å². The molecule has 3 atom stereocenters. The van der Waals surface area contributed by atoms with Gasteiger partial charge in [0, 0.05) is 17.8 Å². The first kappa shape index (κ1) is 22.6. The Bertz CT molecular complexity index is 1150. The van der Waals surface area contributed by atoms with Gasteiger partial charge in [0.2, 0.25) is 0 Å². The van der Waals surface area contributed by atoms with Crippen LogP contribution in [-0.4, -0.2) is 72.7 Å². The van der Waals surface area contributed by atoms with Crippen LogP contribution in [0.4, 0.5) is 5.13 Å². The van der Waals surface area contributed by atoms with Gasteiger partial charge in [0.1, 0.15) is 35.8 Å². The second-order valence-electron chi connectivity index (χ2n) is 6.87. The number of carboxylic acids is 1. The fourth-order valence-electron chi connectivity index (χ4n) is 3.35. The first-order valence-electron chi connectivity index (χ1n) is 9.52. The molecule has 2 aliphatic heterocycles. The highest BCUT2D eigenvalue weighted by Gasteiger charge is 2.55. The van der Waals surface area contributed by atoms with Gasteiger partial charge in [0.05, 0.1) is 5.75 Å². The number of nitrogens with zero attached hydrogens (tertiary/aromatic N) is 4. The van der Waals surface area contributed by atoms with E-state index in [1.165, 1.54) is 24.3 Å². The predicted molar refractivity (Wildman–Crippen MR) is 118 cm³/mol. The molecule has 13 nitrogen and oxygen atoms in total. The van der Waals surface area contributed by atoms with Crippen LogP contribution in [0.5, 0.6) is 0 Å². The zero-order valence-corrected chi connectivity index (χ0v) is 19.0. The highest BCUT2D eigenvalue weighted by Crippen LogP contribution is 2.41. The maximum absolute atomic E-state index is 12.8. The molecule has 4 heterocycles. The number of β-lactam (4-membered cyclic amide) rings is 1. The van der Waals surface area contributed by atoms with E-state index < -0.39 is 35.3 Å². The number of hydrogen-bond donors (Lipinski definition) is 4. The number of oxime groups is 1. The highest BCUT2D eigenvalue weighted by molar-refractivity contribution is 8.00. The third kappa shape index (κ3) is 4.23. The molecule has 174 valence electrons. The molecule has 0 bridgehead atoms. The Morgan fingerprint density at radius 3 is 2.88 bits per heavy atom. The molecule has 33 heavy (non-hydrogen) atoms. The maximum atomic E-state index is 12.8. The summed E-state index contributed by atoms with van der Waals surface area (Å²) in [6.07, 6.45) is 2.63. The van der Waals surface area contributed by atoms with Crippen molar-refractivity contribution >= 4 is 51.7 Å². The normalized spacial score (nSPS) is 21.2. The van der Waals surface area contributed by atoms with Crippen LogP contribution in [-0.2, 0) is 24.0 Å². The van der Waals surface area contributed by atoms with Crippen LogP contribution in [0.2, 0.25) is 0 Å². The number of aromatic amines is 1. The minimum absolute atomic E-state index is 0.144. The number of thioether (sulfide) groups is 1. The van der Waals surface area contributed by atoms with Crippen molar-refractivity contribution in [2.75, 3.05) is 18.6 Å². The van der Waals surface area contributed by atoms with Crippen molar-refractivity contribution in [2.24, 2.45) is 5.16 Å². The van der Waals surface area contributed by atoms with E-state index in [2.05, 4.69) is 25.4 Å². The number of aromatic nitrogens is 3. The minimum atomic E-state index is -1.31. The fraction of sp³-hybridized carbons (Fsp3) is 0.333. The number of nitrogens with one attached hydrogen (secondary N) is 2. The number of hydrogen-bond acceptors (Lipinski definition) is 11. The quantitative estimate of drug-likeness (QED) is 0.226. The second kappa shape index (κ2) is 9.11. The Hall–Kier alpha value is -3.59. The Labute approximate surface area is 195 Å². The van der Waals surface area contributed by atoms with Crippen LogP contribution >= 0.6 is 23.1 Å². The molecule has 0 aliphatic carbocycles. The molecule has 2 aromatic rings. The lowest BCUT2D eigenvalue weighted by atomic mass is 10.0. The summed E-state index contributed by atoms with van der Waals surface area (Å²) < 4.78 is 5.81. The zero-order valence-electron chi connectivity index (χ0n) is 17.3. The number of thiazole rings is 1. The number of fused-ring (bicyclic) bond motifs is 1. The third-order valence-corrected chi connectivity index (χ3v) is 6.74. The van der Waals surface area contributed by atoms with E-state index in [0.29, 0.717) is 5.82 Å². The van der Waals surface area contributed by atoms with Gasteiger partial charge in [0.25, 0.3) is 11.8 Å². The molecule has 0 saturated carbocycles. The molecule has 5 N–H and O–H groups in total. The molecule has 1 saturated heterocycles. The van der Waals surface area contributed by atoms with Gasteiger partial charge in [-0.15, -0.1) is 23.1 Å². The molecule has 0 radical (unpaired) electrons. The van der Waals surface area contributed by atoms with E-state index in [0.717, 1.165) is 16.2 Å². The summed E-state index contributed by atoms with van der Waals surface area (Å²) in [5.74, 6) is -1.73. The molecule has 0 spiro atoms. The van der Waals surface area contributed by atoms with Gasteiger partial charge in [-0.3, -0.25) is 14.5 Å². The number of anilines is 1. The molecule has 2 aromatic heterocycles. The number of nitrogens with two attached hydrogens (primary N) is 1. The summed E-state index contributed by atoms with van der Waals surface area (Å²) in [6, 6.07) is -0.959. The summed E-state index contributed by atoms with van der Waals surface area (Å²) >= 11 is 2.39. The standard InChI is InChI=1S/C18H19N7O6S2/c1-7(13-20-3-4-21-13)31-9-6-32-16-11(15(27)25(16)12(9)17(28)29)23-14(26)10(24-30-2)8-5-33-18(19)22-8/h3-5,7,11,16H,6H2,1-2H3,(H2,19,22)(H,20,21)(H,23,26)(H,28,29)/t7?,11-,16+/m1/s1. The van der Waals surface area contributed by atoms with Crippen molar-refractivity contribution in [2.45, 2.75) is 24.4 Å². The molecular weight excluding hydrogens is 474 g/mol. The number of aliphatic carboxylic acids is 1. The Morgan fingerprint density at radius 1 is 1.48 bits per heavy atom. The lowest BCUT2D eigenvalue weighted by Gasteiger charge is -2.49. The van der Waals surface area contributed by atoms with Crippen LogP contribution in [0.25, 0.3) is 0 Å². The van der Waals surface area contributed by atoms with Gasteiger partial charge in [-0.25, -0.2) is 14.8 Å². The van der Waals surface area contributed by atoms with E-state index in [-0.39, 0.29) is 33.7 Å². The lowest BCUT2D eigenvalue weighted by Crippen LogP contribution is -2.71. The third-order valence-electron chi connectivity index (χ3n) is 4.81. The predicted octanol–water partition coefficient (Wildman–Crippen LogP) is 0.273. The summed E-state index contributed by atoms with van der Waals surface area (Å²) in [6.45, 7) is 1.71. The molecule has 1 unspecified atom stereocenters. The Kier molecular flexibility index (Phi) is 6.24. The Balaban J connectivity index is 1.51. The van der Waals surface area contributed by atoms with E-state index in [1.54, 1.807) is 19.3 Å². The van der Waals surface area contributed by atoms with E-state index in [9.17, 15) is 19.5 Å². The molecule has 0 aromatic carbocycles. The van der Waals surface area contributed by atoms with Gasteiger partial charge in [0.15, 0.2) is 22.6 Å². The number of carbonyl (C=O) groups excluding carboxylic acids is 2. The minimum Gasteiger partial charge on any atom is -0.484 e. The summed E-state index contributed by atoms with van der Waals surface area (Å²) in [5.41, 5.74) is 5.41. The van der Waals surface area contributed by atoms with Crippen LogP contribution in [0.1, 0.15) is 24.5 Å². The van der Waals surface area contributed by atoms with Crippen LogP contribution < -0.4 is 11.1 Å². The van der Waals surface area contributed by atoms with Crippen molar-refractivity contribution in [3.8, 4) is 0 Å². The molecule has 2 aliphatic rings. The number of carboxylic acid groups (broad SMARTS) is 1. The average molecular weight is 494 g/mol. The SMILES string of the molecule is CON=C(C(=O)N[C@@H]1C(=O)N2C(C(=O)O)=C(OC(C)c3ncc[nH]3)CS[C@@H]12)c1csc(N)n1. The van der Waals surface area contributed by atoms with Crippen LogP contribution in [0.15, 0.2) is 34.4 Å². The zero-order chi connectivity index (χ0) is 23.7. The summed E-state index contributed by atoms with van der Waals surface area (Å²) in [7, 11) is 1.27. The first-order chi connectivity index (χ1) is 15.8. The van der Waals surface area contributed by atoms with E-state index in [4.69, 9.17) is 15.3 Å². The number of ether oxygens (including phenoxy) is 1. The van der Waals surface area contributed by atoms with Crippen molar-refractivity contribution in [3.05, 3.63) is 40.7 Å². The topological polar surface area (TPSA) is 185 Å². The smallest absolute Gasteiger partial charge is 0.356 e. The van der Waals surface area contributed by atoms with Crippen molar-refractivity contribution in [1.29, 1.82) is 0 Å².